The highest BCUT2D eigenvalue weighted by atomic mass is 15.1. The summed E-state index contributed by atoms with van der Waals surface area (Å²) >= 11 is 0. The van der Waals surface area contributed by atoms with Crippen LogP contribution in [0.1, 0.15) is 26.7 Å². The number of rotatable bonds is 4. The molecule has 0 aliphatic carbocycles. The van der Waals surface area contributed by atoms with E-state index in [0.717, 1.165) is 39.1 Å². The molecule has 0 bridgehead atoms. The number of hydrogen-bond donors (Lipinski definition) is 2. The van der Waals surface area contributed by atoms with E-state index in [-0.39, 0.29) is 5.54 Å². The van der Waals surface area contributed by atoms with Gasteiger partial charge in [-0.05, 0) is 32.5 Å². The first-order valence-corrected chi connectivity index (χ1v) is 5.42. The zero-order chi connectivity index (χ0) is 9.73. The van der Waals surface area contributed by atoms with Crippen LogP contribution in [-0.2, 0) is 0 Å². The minimum Gasteiger partial charge on any atom is -0.323 e. The minimum absolute atomic E-state index is 0.0181. The molecule has 1 aliphatic rings. The van der Waals surface area contributed by atoms with Gasteiger partial charge in [0, 0.05) is 18.6 Å². The second-order valence-electron chi connectivity index (χ2n) is 4.10. The molecule has 1 atom stereocenters. The highest BCUT2D eigenvalue weighted by Crippen LogP contribution is 2.14. The minimum atomic E-state index is 0.0181. The summed E-state index contributed by atoms with van der Waals surface area (Å²) in [6, 6.07) is 0. The van der Waals surface area contributed by atoms with Crippen LogP contribution in [0.2, 0.25) is 0 Å². The molecule has 3 N–H and O–H groups in total. The van der Waals surface area contributed by atoms with Crippen LogP contribution in [0.3, 0.4) is 0 Å². The van der Waals surface area contributed by atoms with E-state index < -0.39 is 0 Å². The number of likely N-dealkylation sites (N-methyl/N-ethyl adjacent to an activating group) is 1. The van der Waals surface area contributed by atoms with Crippen LogP contribution in [0.15, 0.2) is 0 Å². The predicted octanol–water partition coefficient (Wildman–Crippen LogP) is 0.409. The first kappa shape index (κ1) is 11.0. The van der Waals surface area contributed by atoms with Gasteiger partial charge in [-0.3, -0.25) is 0 Å². The average molecular weight is 185 g/mol. The van der Waals surface area contributed by atoms with E-state index in [1.54, 1.807) is 0 Å². The lowest BCUT2D eigenvalue weighted by Gasteiger charge is -2.37. The highest BCUT2D eigenvalue weighted by Gasteiger charge is 2.28. The third-order valence-electron chi connectivity index (χ3n) is 2.94. The lowest BCUT2D eigenvalue weighted by atomic mass is 9.91. The number of nitrogens with zero attached hydrogens (tertiary/aromatic N) is 1. The number of nitrogens with one attached hydrogen (secondary N) is 1. The molecule has 0 aromatic rings. The van der Waals surface area contributed by atoms with Gasteiger partial charge >= 0.3 is 0 Å². The molecule has 1 saturated heterocycles. The molecule has 3 heteroatoms. The van der Waals surface area contributed by atoms with Crippen LogP contribution in [0.4, 0.5) is 0 Å². The second kappa shape index (κ2) is 4.94. The van der Waals surface area contributed by atoms with Crippen molar-refractivity contribution in [2.45, 2.75) is 32.2 Å². The van der Waals surface area contributed by atoms with Crippen LogP contribution in [0, 0.1) is 0 Å². The van der Waals surface area contributed by atoms with E-state index in [2.05, 4.69) is 24.1 Å². The van der Waals surface area contributed by atoms with Gasteiger partial charge in [0.15, 0.2) is 0 Å². The van der Waals surface area contributed by atoms with Gasteiger partial charge in [0.05, 0.1) is 0 Å². The first-order chi connectivity index (χ1) is 6.20. The monoisotopic (exact) mass is 185 g/mol. The summed E-state index contributed by atoms with van der Waals surface area (Å²) in [6.45, 7) is 9.75. The van der Waals surface area contributed by atoms with Crippen molar-refractivity contribution < 1.29 is 0 Å². The summed E-state index contributed by atoms with van der Waals surface area (Å²) in [6.07, 6.45) is 2.38. The fourth-order valence-corrected chi connectivity index (χ4v) is 2.02. The fourth-order valence-electron chi connectivity index (χ4n) is 2.02. The molecule has 1 heterocycles. The van der Waals surface area contributed by atoms with Crippen LogP contribution in [-0.4, -0.2) is 43.2 Å². The van der Waals surface area contributed by atoms with Gasteiger partial charge in [0.25, 0.3) is 0 Å². The van der Waals surface area contributed by atoms with Crippen molar-refractivity contribution >= 4 is 0 Å². The van der Waals surface area contributed by atoms with Crippen LogP contribution < -0.4 is 11.1 Å². The van der Waals surface area contributed by atoms with Gasteiger partial charge < -0.3 is 16.0 Å². The molecule has 1 rings (SSSR count). The SMILES string of the molecule is CCN(CC)CC1(N)CCCNC1. The summed E-state index contributed by atoms with van der Waals surface area (Å²) in [5, 5.41) is 3.38. The van der Waals surface area contributed by atoms with Crippen molar-refractivity contribution in [3.05, 3.63) is 0 Å². The van der Waals surface area contributed by atoms with E-state index in [0.29, 0.717) is 0 Å². The topological polar surface area (TPSA) is 41.3 Å². The van der Waals surface area contributed by atoms with Crippen molar-refractivity contribution in [2.24, 2.45) is 5.73 Å². The van der Waals surface area contributed by atoms with Gasteiger partial charge in [0.1, 0.15) is 0 Å². The molecular formula is C10H23N3. The summed E-state index contributed by atoms with van der Waals surface area (Å²) in [7, 11) is 0. The van der Waals surface area contributed by atoms with Crippen LogP contribution in [0.25, 0.3) is 0 Å². The van der Waals surface area contributed by atoms with E-state index in [9.17, 15) is 0 Å². The summed E-state index contributed by atoms with van der Waals surface area (Å²) in [5.41, 5.74) is 6.33. The van der Waals surface area contributed by atoms with Crippen LogP contribution in [0.5, 0.6) is 0 Å². The third-order valence-corrected chi connectivity index (χ3v) is 2.94. The molecule has 0 aromatic heterocycles. The highest BCUT2D eigenvalue weighted by molar-refractivity contribution is 4.92. The lowest BCUT2D eigenvalue weighted by Crippen LogP contribution is -2.58. The molecule has 13 heavy (non-hydrogen) atoms. The Morgan fingerprint density at radius 2 is 2.08 bits per heavy atom. The zero-order valence-electron chi connectivity index (χ0n) is 8.97. The maximum absolute atomic E-state index is 6.31. The van der Waals surface area contributed by atoms with Crippen molar-refractivity contribution in [2.75, 3.05) is 32.7 Å². The Bertz CT molecular complexity index is 137. The Balaban J connectivity index is 2.39. The largest absolute Gasteiger partial charge is 0.323 e. The van der Waals surface area contributed by atoms with Crippen molar-refractivity contribution in [1.29, 1.82) is 0 Å². The molecule has 0 amide bonds. The molecule has 1 fully saturated rings. The first-order valence-electron chi connectivity index (χ1n) is 5.42. The van der Waals surface area contributed by atoms with Gasteiger partial charge in [-0.15, -0.1) is 0 Å². The zero-order valence-corrected chi connectivity index (χ0v) is 8.97. The average Bonchev–Trinajstić information content (AvgIpc) is 2.15. The third kappa shape index (κ3) is 3.25. The maximum Gasteiger partial charge on any atom is 0.0410 e. The smallest absolute Gasteiger partial charge is 0.0410 e. The van der Waals surface area contributed by atoms with Gasteiger partial charge in [0.2, 0.25) is 0 Å². The summed E-state index contributed by atoms with van der Waals surface area (Å²) in [4.78, 5) is 2.41. The normalized spacial score (nSPS) is 29.5. The second-order valence-corrected chi connectivity index (χ2v) is 4.10. The van der Waals surface area contributed by atoms with E-state index in [1.165, 1.54) is 6.42 Å². The quantitative estimate of drug-likeness (QED) is 0.666. The van der Waals surface area contributed by atoms with Crippen LogP contribution >= 0.6 is 0 Å². The molecule has 1 unspecified atom stereocenters. The van der Waals surface area contributed by atoms with E-state index in [1.807, 2.05) is 0 Å². The molecule has 78 valence electrons. The molecule has 0 aromatic carbocycles. The van der Waals surface area contributed by atoms with Crippen molar-refractivity contribution in [3.8, 4) is 0 Å². The van der Waals surface area contributed by atoms with Gasteiger partial charge in [-0.25, -0.2) is 0 Å². The lowest BCUT2D eigenvalue weighted by molar-refractivity contribution is 0.194. The predicted molar refractivity (Wildman–Crippen MR) is 56.8 cm³/mol. The molecule has 0 saturated carbocycles. The fraction of sp³-hybridized carbons (Fsp3) is 1.00. The number of piperidine rings is 1. The van der Waals surface area contributed by atoms with Gasteiger partial charge in [-0.1, -0.05) is 13.8 Å². The van der Waals surface area contributed by atoms with Crippen molar-refractivity contribution in [1.82, 2.24) is 10.2 Å². The Hall–Kier alpha value is -0.120. The van der Waals surface area contributed by atoms with Crippen molar-refractivity contribution in [3.63, 3.8) is 0 Å². The Morgan fingerprint density at radius 3 is 2.54 bits per heavy atom. The summed E-state index contributed by atoms with van der Waals surface area (Å²) < 4.78 is 0. The Labute approximate surface area is 81.7 Å². The Kier molecular flexibility index (Phi) is 4.16. The Morgan fingerprint density at radius 1 is 1.38 bits per heavy atom. The van der Waals surface area contributed by atoms with Gasteiger partial charge in [-0.2, -0.15) is 0 Å². The maximum atomic E-state index is 6.31. The molecule has 3 nitrogen and oxygen atoms in total. The standard InChI is InChI=1S/C10H23N3/c1-3-13(4-2)9-10(11)6-5-7-12-8-10/h12H,3-9,11H2,1-2H3. The number of hydrogen-bond acceptors (Lipinski definition) is 3. The molecular weight excluding hydrogens is 162 g/mol. The summed E-state index contributed by atoms with van der Waals surface area (Å²) in [5.74, 6) is 0. The molecule has 0 radical (unpaired) electrons. The number of nitrogens with two attached hydrogens (primary N) is 1. The van der Waals surface area contributed by atoms with E-state index >= 15 is 0 Å². The molecule has 1 aliphatic heterocycles. The van der Waals surface area contributed by atoms with E-state index in [4.69, 9.17) is 5.73 Å². The molecule has 0 spiro atoms.